The van der Waals surface area contributed by atoms with Gasteiger partial charge in [0.25, 0.3) is 0 Å². The van der Waals surface area contributed by atoms with Crippen LogP contribution < -0.4 is 5.32 Å². The number of hydrogen-bond acceptors (Lipinski definition) is 2. The first-order chi connectivity index (χ1) is 7.04. The zero-order valence-corrected chi connectivity index (χ0v) is 10.7. The summed E-state index contributed by atoms with van der Waals surface area (Å²) in [6.07, 6.45) is 2.31. The predicted octanol–water partition coefficient (Wildman–Crippen LogP) is 3.06. The number of hydrogen-bond donors (Lipinski definition) is 2. The second-order valence-electron chi connectivity index (χ2n) is 4.46. The van der Waals surface area contributed by atoms with Gasteiger partial charge < -0.3 is 10.4 Å². The fourth-order valence-electron chi connectivity index (χ4n) is 2.21. The predicted molar refractivity (Wildman–Crippen MR) is 65.1 cm³/mol. The Morgan fingerprint density at radius 1 is 1.47 bits per heavy atom. The van der Waals surface area contributed by atoms with Crippen molar-refractivity contribution in [3.63, 3.8) is 0 Å². The van der Waals surface area contributed by atoms with Crippen molar-refractivity contribution < 1.29 is 5.11 Å². The second kappa shape index (κ2) is 3.80. The molecule has 1 aliphatic rings. The number of nitrogens with one attached hydrogen (secondary N) is 1. The molecule has 82 valence electrons. The molecule has 1 unspecified atom stereocenters. The van der Waals surface area contributed by atoms with E-state index in [-0.39, 0.29) is 5.54 Å². The molecule has 2 nitrogen and oxygen atoms in total. The molecule has 0 aliphatic carbocycles. The van der Waals surface area contributed by atoms with E-state index in [2.05, 4.69) is 34.2 Å². The highest BCUT2D eigenvalue weighted by Gasteiger charge is 2.32. The average molecular weight is 270 g/mol. The van der Waals surface area contributed by atoms with Crippen molar-refractivity contribution in [3.8, 4) is 5.75 Å². The van der Waals surface area contributed by atoms with E-state index in [1.165, 1.54) is 6.42 Å². The van der Waals surface area contributed by atoms with E-state index in [1.54, 1.807) is 0 Å². The molecule has 2 N–H and O–H groups in total. The second-order valence-corrected chi connectivity index (χ2v) is 5.25. The Morgan fingerprint density at radius 3 is 2.80 bits per heavy atom. The maximum absolute atomic E-state index is 9.89. The summed E-state index contributed by atoms with van der Waals surface area (Å²) in [4.78, 5) is 0. The molecule has 0 saturated carbocycles. The smallest absolute Gasteiger partial charge is 0.133 e. The van der Waals surface area contributed by atoms with Crippen LogP contribution in [0.3, 0.4) is 0 Å². The summed E-state index contributed by atoms with van der Waals surface area (Å²) in [5.41, 5.74) is 2.07. The quantitative estimate of drug-likeness (QED) is 0.822. The largest absolute Gasteiger partial charge is 0.506 e. The number of phenolic OH excluding ortho intramolecular Hbond substituents is 1. The molecule has 0 bridgehead atoms. The third-order valence-corrected chi connectivity index (χ3v) is 4.08. The minimum absolute atomic E-state index is 0.00398. The third-order valence-electron chi connectivity index (χ3n) is 3.28. The van der Waals surface area contributed by atoms with E-state index in [0.717, 1.165) is 28.6 Å². The van der Waals surface area contributed by atoms with Crippen LogP contribution in [0.2, 0.25) is 0 Å². The zero-order chi connectivity index (χ0) is 11.1. The third kappa shape index (κ3) is 1.79. The van der Waals surface area contributed by atoms with Gasteiger partial charge in [0.15, 0.2) is 0 Å². The summed E-state index contributed by atoms with van der Waals surface area (Å²) in [5, 5.41) is 13.4. The lowest BCUT2D eigenvalue weighted by atomic mass is 9.90. The fourth-order valence-corrected chi connectivity index (χ4v) is 3.09. The lowest BCUT2D eigenvalue weighted by molar-refractivity contribution is 0.422. The molecule has 0 aromatic heterocycles. The molecule has 2 rings (SSSR count). The Balaban J connectivity index is 2.49. The Labute approximate surface area is 98.8 Å². The van der Waals surface area contributed by atoms with Gasteiger partial charge in [0.05, 0.1) is 4.47 Å². The van der Waals surface area contributed by atoms with Crippen molar-refractivity contribution in [2.75, 3.05) is 6.54 Å². The lowest BCUT2D eigenvalue weighted by Gasteiger charge is -2.27. The summed E-state index contributed by atoms with van der Waals surface area (Å²) in [7, 11) is 0. The Morgan fingerprint density at radius 2 is 2.20 bits per heavy atom. The van der Waals surface area contributed by atoms with Crippen LogP contribution in [0.15, 0.2) is 16.6 Å². The molecule has 0 amide bonds. The molecule has 15 heavy (non-hydrogen) atoms. The molecule has 1 fully saturated rings. The number of aromatic hydroxyl groups is 1. The SMILES string of the molecule is Cc1ccc(C2(C)CCCN2)c(Br)c1O. The summed E-state index contributed by atoms with van der Waals surface area (Å²) < 4.78 is 0.833. The van der Waals surface area contributed by atoms with Crippen LogP contribution in [-0.2, 0) is 5.54 Å². The van der Waals surface area contributed by atoms with Gasteiger partial charge in [-0.2, -0.15) is 0 Å². The van der Waals surface area contributed by atoms with Gasteiger partial charge in [-0.05, 0) is 60.3 Å². The van der Waals surface area contributed by atoms with Gasteiger partial charge in [0.2, 0.25) is 0 Å². The molecule has 1 aromatic carbocycles. The summed E-state index contributed by atoms with van der Waals surface area (Å²) in [6, 6.07) is 4.07. The van der Waals surface area contributed by atoms with E-state index in [4.69, 9.17) is 0 Å². The van der Waals surface area contributed by atoms with E-state index < -0.39 is 0 Å². The summed E-state index contributed by atoms with van der Waals surface area (Å²) in [6.45, 7) is 5.15. The van der Waals surface area contributed by atoms with Crippen molar-refractivity contribution in [2.24, 2.45) is 0 Å². The van der Waals surface area contributed by atoms with Gasteiger partial charge in [0, 0.05) is 5.54 Å². The molecular weight excluding hydrogens is 254 g/mol. The molecule has 1 saturated heterocycles. The molecular formula is C12H16BrNO. The Hall–Kier alpha value is -0.540. The number of benzene rings is 1. The van der Waals surface area contributed by atoms with Gasteiger partial charge in [-0.1, -0.05) is 12.1 Å². The van der Waals surface area contributed by atoms with E-state index in [0.29, 0.717) is 5.75 Å². The monoisotopic (exact) mass is 269 g/mol. The van der Waals surface area contributed by atoms with Crippen molar-refractivity contribution in [2.45, 2.75) is 32.2 Å². The minimum Gasteiger partial charge on any atom is -0.506 e. The Kier molecular flexibility index (Phi) is 2.77. The molecule has 1 aromatic rings. The van der Waals surface area contributed by atoms with Crippen molar-refractivity contribution in [3.05, 3.63) is 27.7 Å². The van der Waals surface area contributed by atoms with Gasteiger partial charge in [-0.3, -0.25) is 0 Å². The molecule has 0 spiro atoms. The number of phenols is 1. The highest BCUT2D eigenvalue weighted by Crippen LogP contribution is 2.40. The molecule has 1 atom stereocenters. The normalized spacial score (nSPS) is 25.8. The summed E-state index contributed by atoms with van der Waals surface area (Å²) in [5.74, 6) is 0.363. The zero-order valence-electron chi connectivity index (χ0n) is 9.10. The van der Waals surface area contributed by atoms with E-state index in [1.807, 2.05) is 13.0 Å². The van der Waals surface area contributed by atoms with Crippen molar-refractivity contribution in [1.29, 1.82) is 0 Å². The maximum atomic E-state index is 9.89. The first-order valence-electron chi connectivity index (χ1n) is 5.28. The van der Waals surface area contributed by atoms with Crippen LogP contribution in [0, 0.1) is 6.92 Å². The molecule has 0 radical (unpaired) electrons. The van der Waals surface area contributed by atoms with Crippen LogP contribution in [-0.4, -0.2) is 11.7 Å². The van der Waals surface area contributed by atoms with Crippen LogP contribution in [0.1, 0.15) is 30.9 Å². The van der Waals surface area contributed by atoms with Crippen LogP contribution in [0.4, 0.5) is 0 Å². The number of aryl methyl sites for hydroxylation is 1. The van der Waals surface area contributed by atoms with Gasteiger partial charge in [0.1, 0.15) is 5.75 Å². The topological polar surface area (TPSA) is 32.3 Å². The molecule has 1 heterocycles. The average Bonchev–Trinajstić information content (AvgIpc) is 2.62. The fraction of sp³-hybridized carbons (Fsp3) is 0.500. The van der Waals surface area contributed by atoms with Gasteiger partial charge >= 0.3 is 0 Å². The van der Waals surface area contributed by atoms with Crippen LogP contribution in [0.25, 0.3) is 0 Å². The van der Waals surface area contributed by atoms with E-state index >= 15 is 0 Å². The van der Waals surface area contributed by atoms with Crippen LogP contribution in [0.5, 0.6) is 5.75 Å². The standard InChI is InChI=1S/C12H16BrNO/c1-8-4-5-9(10(13)11(8)15)12(2)6-3-7-14-12/h4-5,14-15H,3,6-7H2,1-2H3. The van der Waals surface area contributed by atoms with Crippen LogP contribution >= 0.6 is 15.9 Å². The Bertz CT molecular complexity index is 383. The highest BCUT2D eigenvalue weighted by molar-refractivity contribution is 9.10. The summed E-state index contributed by atoms with van der Waals surface area (Å²) >= 11 is 3.49. The lowest BCUT2D eigenvalue weighted by Crippen LogP contribution is -2.33. The van der Waals surface area contributed by atoms with E-state index in [9.17, 15) is 5.11 Å². The van der Waals surface area contributed by atoms with Crippen molar-refractivity contribution in [1.82, 2.24) is 5.32 Å². The number of halogens is 1. The molecule has 1 aliphatic heterocycles. The number of rotatable bonds is 1. The first kappa shape index (κ1) is 11.0. The highest BCUT2D eigenvalue weighted by atomic mass is 79.9. The maximum Gasteiger partial charge on any atom is 0.133 e. The van der Waals surface area contributed by atoms with Gasteiger partial charge in [-0.25, -0.2) is 0 Å². The first-order valence-corrected chi connectivity index (χ1v) is 6.07. The minimum atomic E-state index is 0.00398. The molecule has 3 heteroatoms. The van der Waals surface area contributed by atoms with Crippen molar-refractivity contribution >= 4 is 15.9 Å². The van der Waals surface area contributed by atoms with Gasteiger partial charge in [-0.15, -0.1) is 0 Å².